The molecule has 6 nitrogen and oxygen atoms in total. The third kappa shape index (κ3) is 4.00. The van der Waals surface area contributed by atoms with Crippen LogP contribution in [0.15, 0.2) is 48.0 Å². The van der Waals surface area contributed by atoms with Gasteiger partial charge in [0.25, 0.3) is 5.91 Å². The molecule has 2 atom stereocenters. The minimum Gasteiger partial charge on any atom is -0.872 e. The Hall–Kier alpha value is -3.19. The van der Waals surface area contributed by atoms with Gasteiger partial charge in [0.05, 0.1) is 26.7 Å². The molecule has 0 aromatic heterocycles. The molecule has 0 saturated carbocycles. The van der Waals surface area contributed by atoms with Crippen molar-refractivity contribution in [2.45, 2.75) is 31.9 Å². The van der Waals surface area contributed by atoms with Crippen LogP contribution in [-0.4, -0.2) is 49.9 Å². The van der Waals surface area contributed by atoms with E-state index in [0.717, 1.165) is 12.1 Å². The molecule has 2 aromatic carbocycles. The van der Waals surface area contributed by atoms with Gasteiger partial charge in [0.1, 0.15) is 17.7 Å². The summed E-state index contributed by atoms with van der Waals surface area (Å²) in [6.45, 7) is 2.98. The Kier molecular flexibility index (Phi) is 6.02. The fraction of sp³-hybridized carbons (Fsp3) is 0.360. The number of hydrogen-bond acceptors (Lipinski definition) is 4. The van der Waals surface area contributed by atoms with E-state index in [1.165, 1.54) is 21.9 Å². The van der Waals surface area contributed by atoms with E-state index in [1.54, 1.807) is 30.3 Å². The van der Waals surface area contributed by atoms with Crippen LogP contribution in [0, 0.1) is 5.82 Å². The lowest BCUT2D eigenvalue weighted by Gasteiger charge is -2.28. The van der Waals surface area contributed by atoms with Crippen LogP contribution in [0.1, 0.15) is 36.1 Å². The zero-order valence-corrected chi connectivity index (χ0v) is 18.5. The van der Waals surface area contributed by atoms with Gasteiger partial charge in [-0.1, -0.05) is 30.0 Å². The second-order valence-electron chi connectivity index (χ2n) is 8.76. The number of nitrogens with one attached hydrogen (secondary N) is 1. The summed E-state index contributed by atoms with van der Waals surface area (Å²) in [6, 6.07) is 9.98. The molecule has 2 heterocycles. The van der Waals surface area contributed by atoms with Crippen molar-refractivity contribution in [2.75, 3.05) is 27.2 Å². The molecule has 1 saturated heterocycles. The predicted octanol–water partition coefficient (Wildman–Crippen LogP) is 0.908. The van der Waals surface area contributed by atoms with Gasteiger partial charge in [-0.05, 0) is 36.2 Å². The lowest BCUT2D eigenvalue weighted by molar-refractivity contribution is -0.858. The number of nitrogens with zero attached hydrogens (tertiary/aromatic N) is 1. The molecule has 2 aliphatic rings. The van der Waals surface area contributed by atoms with Crippen molar-refractivity contribution in [2.24, 2.45) is 0 Å². The average molecular weight is 438 g/mol. The summed E-state index contributed by atoms with van der Waals surface area (Å²) in [7, 11) is 3.98. The Balaban J connectivity index is 1.80. The number of quaternary nitrogens is 1. The fourth-order valence-electron chi connectivity index (χ4n) is 4.44. The molecule has 0 spiro atoms. The fourth-order valence-corrected chi connectivity index (χ4v) is 4.44. The molecule has 0 radical (unpaired) electrons. The molecule has 32 heavy (non-hydrogen) atoms. The van der Waals surface area contributed by atoms with E-state index in [2.05, 4.69) is 0 Å². The van der Waals surface area contributed by atoms with Gasteiger partial charge in [-0.2, -0.15) is 0 Å². The third-order valence-electron chi connectivity index (χ3n) is 5.96. The summed E-state index contributed by atoms with van der Waals surface area (Å²) in [5.41, 5.74) is 1.15. The monoisotopic (exact) mass is 438 g/mol. The van der Waals surface area contributed by atoms with Crippen LogP contribution in [0.5, 0.6) is 5.75 Å². The number of fused-ring (bicyclic) bond motifs is 1. The van der Waals surface area contributed by atoms with Gasteiger partial charge in [-0.3, -0.25) is 9.59 Å². The summed E-state index contributed by atoms with van der Waals surface area (Å²) in [6.07, 6.45) is 1.30. The highest BCUT2D eigenvalue weighted by atomic mass is 19.1. The van der Waals surface area contributed by atoms with E-state index in [-0.39, 0.29) is 23.8 Å². The number of halogens is 1. The Morgan fingerprint density at radius 1 is 1.22 bits per heavy atom. The molecule has 2 unspecified atom stereocenters. The van der Waals surface area contributed by atoms with Crippen LogP contribution in [0.2, 0.25) is 0 Å². The molecule has 2 aliphatic heterocycles. The number of hydrogen-bond donors (Lipinski definition) is 1. The number of Topliss-reactive ketones (excluding diaryl/α,β-unsaturated/α-hetero) is 1. The Morgan fingerprint density at radius 2 is 1.97 bits per heavy atom. The van der Waals surface area contributed by atoms with E-state index < -0.39 is 29.3 Å². The van der Waals surface area contributed by atoms with Crippen molar-refractivity contribution in [3.63, 3.8) is 0 Å². The van der Waals surface area contributed by atoms with Gasteiger partial charge in [-0.25, -0.2) is 4.39 Å². The van der Waals surface area contributed by atoms with E-state index in [4.69, 9.17) is 4.74 Å². The van der Waals surface area contributed by atoms with Crippen LogP contribution in [0.25, 0.3) is 5.76 Å². The highest BCUT2D eigenvalue weighted by molar-refractivity contribution is 6.46. The number of rotatable bonds is 6. The minimum absolute atomic E-state index is 0.0122. The zero-order valence-electron chi connectivity index (χ0n) is 18.5. The van der Waals surface area contributed by atoms with Crippen LogP contribution >= 0.6 is 0 Å². The van der Waals surface area contributed by atoms with E-state index in [0.29, 0.717) is 24.2 Å². The molecular weight excluding hydrogens is 411 g/mol. The number of ether oxygens (including phenoxy) is 1. The maximum atomic E-state index is 14.8. The number of amides is 1. The Morgan fingerprint density at radius 3 is 2.69 bits per heavy atom. The van der Waals surface area contributed by atoms with Gasteiger partial charge in [0.15, 0.2) is 0 Å². The summed E-state index contributed by atoms with van der Waals surface area (Å²) in [5, 5.41) is 13.5. The van der Waals surface area contributed by atoms with Crippen molar-refractivity contribution in [1.29, 1.82) is 0 Å². The first-order chi connectivity index (χ1) is 15.3. The zero-order chi connectivity index (χ0) is 23.0. The molecule has 1 amide bonds. The average Bonchev–Trinajstić information content (AvgIpc) is 3.24. The summed E-state index contributed by atoms with van der Waals surface area (Å²) in [5.74, 6) is -1.99. The number of benzene rings is 2. The first kappa shape index (κ1) is 22.0. The summed E-state index contributed by atoms with van der Waals surface area (Å²) < 4.78 is 20.5. The number of likely N-dealkylation sites (tertiary alicyclic amines) is 1. The topological polar surface area (TPSA) is 74.1 Å². The Labute approximate surface area is 186 Å². The predicted molar refractivity (Wildman–Crippen MR) is 115 cm³/mol. The van der Waals surface area contributed by atoms with E-state index in [9.17, 15) is 19.1 Å². The Bertz CT molecular complexity index is 1100. The molecule has 1 N–H and O–H groups in total. The standard InChI is InChI=1S/C25H27FN2O4/c1-15-13-17-14-16(9-10-20(17)32-15)23(29)21-22(18-7-4-5-8-19(18)26)28(25(31)24(21)30)12-6-11-27(2)3/h4-5,7-10,14-15,22,29H,6,11-13H2,1-3H3. The van der Waals surface area contributed by atoms with Crippen LogP contribution in [-0.2, 0) is 16.0 Å². The maximum absolute atomic E-state index is 14.8. The first-order valence-corrected chi connectivity index (χ1v) is 10.9. The highest BCUT2D eigenvalue weighted by Crippen LogP contribution is 2.40. The lowest BCUT2D eigenvalue weighted by atomic mass is 9.94. The molecule has 1 fully saturated rings. The van der Waals surface area contributed by atoms with Gasteiger partial charge in [0, 0.05) is 30.5 Å². The number of carbonyl (C=O) groups is 2. The maximum Gasteiger partial charge on any atom is 0.295 e. The van der Waals surface area contributed by atoms with Crippen LogP contribution < -0.4 is 14.7 Å². The normalized spacial score (nSPS) is 21.8. The van der Waals surface area contributed by atoms with Crippen molar-refractivity contribution in [3.8, 4) is 5.75 Å². The van der Waals surface area contributed by atoms with E-state index in [1.807, 2.05) is 21.0 Å². The van der Waals surface area contributed by atoms with Crippen molar-refractivity contribution >= 4 is 17.4 Å². The first-order valence-electron chi connectivity index (χ1n) is 10.9. The molecule has 4 rings (SSSR count). The second-order valence-corrected chi connectivity index (χ2v) is 8.76. The summed E-state index contributed by atoms with van der Waals surface area (Å²) >= 11 is 0. The third-order valence-corrected chi connectivity index (χ3v) is 5.96. The molecule has 168 valence electrons. The second kappa shape index (κ2) is 8.74. The van der Waals surface area contributed by atoms with E-state index >= 15 is 0 Å². The van der Waals surface area contributed by atoms with Crippen LogP contribution in [0.4, 0.5) is 4.39 Å². The highest BCUT2D eigenvalue weighted by Gasteiger charge is 2.44. The van der Waals surface area contributed by atoms with Gasteiger partial charge in [0.2, 0.25) is 5.78 Å². The number of ketones is 1. The van der Waals surface area contributed by atoms with Gasteiger partial charge >= 0.3 is 0 Å². The van der Waals surface area contributed by atoms with Gasteiger partial charge < -0.3 is 19.6 Å². The quantitative estimate of drug-likeness (QED) is 0.413. The molecule has 7 heteroatoms. The van der Waals surface area contributed by atoms with Crippen LogP contribution in [0.3, 0.4) is 0 Å². The molecule has 0 bridgehead atoms. The SMILES string of the molecule is CC1Cc2cc(C([O-])=C3C(=O)C(=O)N(CCC[NH+](C)C)C3c3ccccc3F)ccc2O1. The smallest absolute Gasteiger partial charge is 0.295 e. The van der Waals surface area contributed by atoms with Crippen molar-refractivity contribution < 1.29 is 28.7 Å². The summed E-state index contributed by atoms with van der Waals surface area (Å²) in [4.78, 5) is 28.5. The van der Waals surface area contributed by atoms with Gasteiger partial charge in [-0.15, -0.1) is 0 Å². The molecule has 2 aromatic rings. The van der Waals surface area contributed by atoms with Crippen molar-refractivity contribution in [1.82, 2.24) is 4.90 Å². The van der Waals surface area contributed by atoms with Crippen molar-refractivity contribution in [3.05, 3.63) is 70.5 Å². The number of carbonyl (C=O) groups excluding carboxylic acids is 2. The minimum atomic E-state index is -1.04. The molecular formula is C25H27FN2O4. The largest absolute Gasteiger partial charge is 0.872 e. The molecule has 0 aliphatic carbocycles. The lowest BCUT2D eigenvalue weighted by Crippen LogP contribution is -3.05.